The summed E-state index contributed by atoms with van der Waals surface area (Å²) >= 11 is 3.43. The Morgan fingerprint density at radius 2 is 1.72 bits per heavy atom. The van der Waals surface area contributed by atoms with Crippen LogP contribution in [0.3, 0.4) is 0 Å². The predicted octanol–water partition coefficient (Wildman–Crippen LogP) is 5.72. The lowest BCUT2D eigenvalue weighted by molar-refractivity contribution is 0.0714. The summed E-state index contributed by atoms with van der Waals surface area (Å²) in [6, 6.07) is 17.5. The maximum atomic E-state index is 13.8. The van der Waals surface area contributed by atoms with Gasteiger partial charge in [0.25, 0.3) is 5.91 Å². The molecule has 1 aliphatic rings. The van der Waals surface area contributed by atoms with Crippen LogP contribution in [0.1, 0.15) is 40.2 Å². The lowest BCUT2D eigenvalue weighted by Crippen LogP contribution is -2.29. The van der Waals surface area contributed by atoms with Gasteiger partial charge in [-0.1, -0.05) is 34.1 Å². The summed E-state index contributed by atoms with van der Waals surface area (Å²) in [5.41, 5.74) is 2.04. The van der Waals surface area contributed by atoms with Gasteiger partial charge in [0.2, 0.25) is 5.76 Å². The number of fused-ring (bicyclic) bond motifs is 2. The van der Waals surface area contributed by atoms with Crippen LogP contribution >= 0.6 is 15.9 Å². The standard InChI is InChI=1S/C28H24BrNO6/c1-4-35-22-11-7-17(13-23(22)34-3)25-24-26(31)20-14-18(29)8-12-21(20)36-27(24)28(32)30(25)15-16-5-9-19(33-2)10-6-16/h5-14,25H,4,15H2,1-3H3. The minimum absolute atomic E-state index is 0.0567. The van der Waals surface area contributed by atoms with E-state index in [-0.39, 0.29) is 23.6 Å². The molecule has 7 nitrogen and oxygen atoms in total. The molecule has 1 atom stereocenters. The fourth-order valence-electron chi connectivity index (χ4n) is 4.56. The molecule has 184 valence electrons. The highest BCUT2D eigenvalue weighted by Crippen LogP contribution is 2.42. The number of amides is 1. The number of rotatable bonds is 7. The third-order valence-corrected chi connectivity index (χ3v) is 6.74. The highest BCUT2D eigenvalue weighted by Gasteiger charge is 2.43. The van der Waals surface area contributed by atoms with Gasteiger partial charge in [-0.3, -0.25) is 9.59 Å². The summed E-state index contributed by atoms with van der Waals surface area (Å²) in [4.78, 5) is 29.1. The van der Waals surface area contributed by atoms with Crippen molar-refractivity contribution in [2.24, 2.45) is 0 Å². The largest absolute Gasteiger partial charge is 0.497 e. The summed E-state index contributed by atoms with van der Waals surface area (Å²) in [6.07, 6.45) is 0. The molecule has 1 amide bonds. The first-order valence-corrected chi connectivity index (χ1v) is 12.2. The first-order chi connectivity index (χ1) is 17.4. The van der Waals surface area contributed by atoms with Crippen molar-refractivity contribution < 1.29 is 23.4 Å². The highest BCUT2D eigenvalue weighted by atomic mass is 79.9. The molecule has 0 bridgehead atoms. The molecule has 0 saturated carbocycles. The van der Waals surface area contributed by atoms with Crippen molar-refractivity contribution in [2.45, 2.75) is 19.5 Å². The zero-order valence-corrected chi connectivity index (χ0v) is 21.6. The highest BCUT2D eigenvalue weighted by molar-refractivity contribution is 9.10. The third kappa shape index (κ3) is 4.11. The van der Waals surface area contributed by atoms with Crippen molar-refractivity contribution in [2.75, 3.05) is 20.8 Å². The van der Waals surface area contributed by atoms with Gasteiger partial charge in [-0.15, -0.1) is 0 Å². The number of hydrogen-bond donors (Lipinski definition) is 0. The number of carbonyl (C=O) groups is 1. The molecular formula is C28H24BrNO6. The third-order valence-electron chi connectivity index (χ3n) is 6.24. The first-order valence-electron chi connectivity index (χ1n) is 11.5. The van der Waals surface area contributed by atoms with Crippen LogP contribution in [0.2, 0.25) is 0 Å². The minimum Gasteiger partial charge on any atom is -0.497 e. The summed E-state index contributed by atoms with van der Waals surface area (Å²) in [5.74, 6) is 1.54. The van der Waals surface area contributed by atoms with Gasteiger partial charge >= 0.3 is 0 Å². The van der Waals surface area contributed by atoms with E-state index in [0.29, 0.717) is 34.6 Å². The second kappa shape index (κ2) is 9.70. The van der Waals surface area contributed by atoms with Crippen LogP contribution in [0.25, 0.3) is 11.0 Å². The Balaban J connectivity index is 1.69. The van der Waals surface area contributed by atoms with Crippen LogP contribution in [0.4, 0.5) is 0 Å². The normalized spacial score (nSPS) is 14.7. The van der Waals surface area contributed by atoms with Crippen LogP contribution in [-0.2, 0) is 6.54 Å². The lowest BCUT2D eigenvalue weighted by atomic mass is 9.97. The smallest absolute Gasteiger partial charge is 0.291 e. The number of hydrogen-bond acceptors (Lipinski definition) is 6. The second-order valence-corrected chi connectivity index (χ2v) is 9.26. The van der Waals surface area contributed by atoms with E-state index in [0.717, 1.165) is 21.3 Å². The Morgan fingerprint density at radius 3 is 2.42 bits per heavy atom. The van der Waals surface area contributed by atoms with Gasteiger partial charge in [0.1, 0.15) is 11.3 Å². The van der Waals surface area contributed by atoms with Gasteiger partial charge in [-0.2, -0.15) is 0 Å². The molecule has 2 heterocycles. The minimum atomic E-state index is -0.668. The first kappa shape index (κ1) is 23.9. The number of benzene rings is 3. The molecule has 1 unspecified atom stereocenters. The second-order valence-electron chi connectivity index (χ2n) is 8.34. The summed E-state index contributed by atoms with van der Waals surface area (Å²) in [7, 11) is 3.16. The molecule has 0 N–H and O–H groups in total. The van der Waals surface area contributed by atoms with Gasteiger partial charge in [-0.05, 0) is 60.5 Å². The predicted molar refractivity (Wildman–Crippen MR) is 139 cm³/mol. The van der Waals surface area contributed by atoms with Crippen molar-refractivity contribution in [3.05, 3.63) is 97.8 Å². The lowest BCUT2D eigenvalue weighted by Gasteiger charge is -2.26. The molecule has 0 spiro atoms. The van der Waals surface area contributed by atoms with Gasteiger partial charge in [0.15, 0.2) is 16.9 Å². The van der Waals surface area contributed by atoms with Crippen molar-refractivity contribution in [3.63, 3.8) is 0 Å². The van der Waals surface area contributed by atoms with Crippen molar-refractivity contribution >= 4 is 32.8 Å². The molecule has 0 aliphatic carbocycles. The van der Waals surface area contributed by atoms with Crippen LogP contribution < -0.4 is 19.6 Å². The molecule has 0 saturated heterocycles. The quantitative estimate of drug-likeness (QED) is 0.293. The summed E-state index contributed by atoms with van der Waals surface area (Å²) in [6.45, 7) is 2.64. The Hall–Kier alpha value is -3.78. The zero-order valence-electron chi connectivity index (χ0n) is 20.0. The van der Waals surface area contributed by atoms with E-state index < -0.39 is 6.04 Å². The molecule has 3 aromatic carbocycles. The molecule has 0 radical (unpaired) electrons. The van der Waals surface area contributed by atoms with Crippen LogP contribution in [-0.4, -0.2) is 31.6 Å². The van der Waals surface area contributed by atoms with Crippen LogP contribution in [0.15, 0.2) is 74.3 Å². The molecule has 5 rings (SSSR count). The average Bonchev–Trinajstić information content (AvgIpc) is 3.17. The zero-order chi connectivity index (χ0) is 25.4. The van der Waals surface area contributed by atoms with E-state index in [1.54, 1.807) is 43.4 Å². The van der Waals surface area contributed by atoms with Gasteiger partial charge in [0, 0.05) is 11.0 Å². The van der Waals surface area contributed by atoms with E-state index in [2.05, 4.69) is 15.9 Å². The number of halogens is 1. The molecule has 1 aliphatic heterocycles. The van der Waals surface area contributed by atoms with Crippen LogP contribution in [0.5, 0.6) is 17.2 Å². The van der Waals surface area contributed by atoms with Gasteiger partial charge in [-0.25, -0.2) is 0 Å². The molecule has 36 heavy (non-hydrogen) atoms. The molecular weight excluding hydrogens is 526 g/mol. The van der Waals surface area contributed by atoms with E-state index in [1.807, 2.05) is 43.3 Å². The topological polar surface area (TPSA) is 78.2 Å². The monoisotopic (exact) mass is 549 g/mol. The number of ether oxygens (including phenoxy) is 3. The summed E-state index contributed by atoms with van der Waals surface area (Å²) < 4.78 is 23.3. The Kier molecular flexibility index (Phi) is 6.45. The molecule has 1 aromatic heterocycles. The van der Waals surface area contributed by atoms with Crippen molar-refractivity contribution in [3.8, 4) is 17.2 Å². The van der Waals surface area contributed by atoms with E-state index in [4.69, 9.17) is 18.6 Å². The average molecular weight is 550 g/mol. The van der Waals surface area contributed by atoms with E-state index in [9.17, 15) is 9.59 Å². The SMILES string of the molecule is CCOc1ccc(C2c3c(oc4ccc(Br)cc4c3=O)C(=O)N2Cc2ccc(OC)cc2)cc1OC. The maximum absolute atomic E-state index is 13.8. The number of carbonyl (C=O) groups excluding carboxylic acids is 1. The Bertz CT molecular complexity index is 1510. The van der Waals surface area contributed by atoms with Crippen molar-refractivity contribution in [1.82, 2.24) is 4.90 Å². The van der Waals surface area contributed by atoms with Crippen molar-refractivity contribution in [1.29, 1.82) is 0 Å². The van der Waals surface area contributed by atoms with E-state index in [1.165, 1.54) is 0 Å². The molecule has 8 heteroatoms. The van der Waals surface area contributed by atoms with Gasteiger partial charge < -0.3 is 23.5 Å². The van der Waals surface area contributed by atoms with Crippen LogP contribution in [0, 0.1) is 0 Å². The molecule has 4 aromatic rings. The maximum Gasteiger partial charge on any atom is 0.291 e. The molecule has 0 fully saturated rings. The van der Waals surface area contributed by atoms with E-state index >= 15 is 0 Å². The Morgan fingerprint density at radius 1 is 0.944 bits per heavy atom. The summed E-state index contributed by atoms with van der Waals surface area (Å²) in [5, 5.41) is 0.408. The number of nitrogens with zero attached hydrogens (tertiary/aromatic N) is 1. The number of methoxy groups -OCH3 is 2. The fraction of sp³-hybridized carbons (Fsp3) is 0.214. The Labute approximate surface area is 216 Å². The van der Waals surface area contributed by atoms with Gasteiger partial charge in [0.05, 0.1) is 37.8 Å². The fourth-order valence-corrected chi connectivity index (χ4v) is 4.92.